The lowest BCUT2D eigenvalue weighted by molar-refractivity contribution is 0.636. The molecule has 0 aliphatic carbocycles. The highest BCUT2D eigenvalue weighted by molar-refractivity contribution is 6.36. The first-order valence-corrected chi connectivity index (χ1v) is 9.22. The molecule has 0 amide bonds. The highest BCUT2D eigenvalue weighted by Crippen LogP contribution is 2.36. The molecule has 0 radical (unpaired) electrons. The number of rotatable bonds is 2. The van der Waals surface area contributed by atoms with Crippen molar-refractivity contribution in [3.63, 3.8) is 0 Å². The first-order valence-electron chi connectivity index (χ1n) is 8.08. The predicted molar refractivity (Wildman–Crippen MR) is 108 cm³/mol. The van der Waals surface area contributed by atoms with Crippen LogP contribution in [-0.4, -0.2) is 15.3 Å². The van der Waals surface area contributed by atoms with Crippen molar-refractivity contribution in [1.82, 2.24) is 9.55 Å². The summed E-state index contributed by atoms with van der Waals surface area (Å²) < 4.78 is 2.04. The van der Waals surface area contributed by atoms with E-state index in [1.807, 2.05) is 42.0 Å². The van der Waals surface area contributed by atoms with E-state index in [0.29, 0.717) is 16.5 Å². The van der Waals surface area contributed by atoms with Gasteiger partial charge in [0.05, 0.1) is 28.8 Å². The van der Waals surface area contributed by atoms with Crippen molar-refractivity contribution in [2.45, 2.75) is 19.4 Å². The second kappa shape index (κ2) is 6.95. The molecule has 0 saturated heterocycles. The Hall–Kier alpha value is -2.01. The van der Waals surface area contributed by atoms with Gasteiger partial charge in [-0.05, 0) is 42.3 Å². The van der Waals surface area contributed by atoms with Crippen LogP contribution in [0.2, 0.25) is 15.1 Å². The fraction of sp³-hybridized carbons (Fsp3) is 0.158. The lowest BCUT2D eigenvalue weighted by Crippen LogP contribution is -2.21. The Morgan fingerprint density at radius 2 is 1.96 bits per heavy atom. The fourth-order valence-electron chi connectivity index (χ4n) is 3.17. The van der Waals surface area contributed by atoms with Gasteiger partial charge in [-0.15, -0.1) is 0 Å². The summed E-state index contributed by atoms with van der Waals surface area (Å²) in [6, 6.07) is 9.49. The van der Waals surface area contributed by atoms with Gasteiger partial charge in [0.2, 0.25) is 0 Å². The molecule has 0 saturated carbocycles. The molecule has 3 aromatic rings. The van der Waals surface area contributed by atoms with Gasteiger partial charge in [0, 0.05) is 34.4 Å². The summed E-state index contributed by atoms with van der Waals surface area (Å²) in [4.78, 5) is 4.19. The predicted octanol–water partition coefficient (Wildman–Crippen LogP) is 5.77. The van der Waals surface area contributed by atoms with Crippen LogP contribution >= 0.6 is 34.8 Å². The Balaban J connectivity index is 1.86. The monoisotopic (exact) mass is 404 g/mol. The largest absolute Gasteiger partial charge is 0.328 e. The van der Waals surface area contributed by atoms with Crippen LogP contribution in [0.1, 0.15) is 22.7 Å². The number of benzene rings is 2. The summed E-state index contributed by atoms with van der Waals surface area (Å²) in [5.41, 5.74) is 7.78. The van der Waals surface area contributed by atoms with Crippen LogP contribution in [0.15, 0.2) is 54.2 Å². The van der Waals surface area contributed by atoms with E-state index in [1.165, 1.54) is 0 Å². The Labute approximate surface area is 166 Å². The summed E-state index contributed by atoms with van der Waals surface area (Å²) in [6.45, 7) is 1.98. The summed E-state index contributed by atoms with van der Waals surface area (Å²) in [5, 5.41) is 6.56. The second-order valence-corrected chi connectivity index (χ2v) is 7.48. The van der Waals surface area contributed by atoms with E-state index in [1.54, 1.807) is 18.6 Å². The number of halogens is 3. The molecular weight excluding hydrogens is 391 g/mol. The number of nitrogens with one attached hydrogen (secondary N) is 1. The topological polar surface area (TPSA) is 42.2 Å². The average Bonchev–Trinajstić information content (AvgIpc) is 3.06. The fourth-order valence-corrected chi connectivity index (χ4v) is 3.87. The number of imidazole rings is 1. The minimum Gasteiger partial charge on any atom is -0.328 e. The number of hydrazone groups is 1. The zero-order valence-electron chi connectivity index (χ0n) is 13.9. The van der Waals surface area contributed by atoms with Crippen LogP contribution in [0, 0.1) is 6.92 Å². The van der Waals surface area contributed by atoms with Crippen molar-refractivity contribution in [2.75, 3.05) is 5.43 Å². The molecule has 1 atom stereocenters. The Morgan fingerprint density at radius 3 is 2.69 bits per heavy atom. The smallest absolute Gasteiger partial charge is 0.0952 e. The molecule has 1 aromatic heterocycles. The summed E-state index contributed by atoms with van der Waals surface area (Å²) >= 11 is 18.8. The van der Waals surface area contributed by atoms with Crippen LogP contribution in [-0.2, 0) is 6.42 Å². The van der Waals surface area contributed by atoms with E-state index >= 15 is 0 Å². The van der Waals surface area contributed by atoms with Crippen LogP contribution in [0.25, 0.3) is 0 Å². The number of hydrogen-bond acceptors (Lipinski definition) is 3. The number of fused-ring (bicyclic) bond motifs is 1. The molecule has 1 unspecified atom stereocenters. The maximum absolute atomic E-state index is 6.38. The quantitative estimate of drug-likeness (QED) is 0.588. The van der Waals surface area contributed by atoms with Crippen molar-refractivity contribution >= 4 is 46.2 Å². The molecular formula is C19H15Cl3N4. The second-order valence-electron chi connectivity index (χ2n) is 6.22. The van der Waals surface area contributed by atoms with Crippen LogP contribution in [0.4, 0.5) is 5.69 Å². The molecule has 0 spiro atoms. The van der Waals surface area contributed by atoms with Crippen LogP contribution in [0.5, 0.6) is 0 Å². The van der Waals surface area contributed by atoms with Gasteiger partial charge in [0.25, 0.3) is 0 Å². The number of hydrogen-bond donors (Lipinski definition) is 1. The van der Waals surface area contributed by atoms with E-state index in [2.05, 4.69) is 15.5 Å². The van der Waals surface area contributed by atoms with E-state index in [9.17, 15) is 0 Å². The molecule has 0 fully saturated rings. The minimum absolute atomic E-state index is 0.0543. The molecule has 2 aromatic carbocycles. The van der Waals surface area contributed by atoms with Crippen LogP contribution in [0.3, 0.4) is 0 Å². The first kappa shape index (κ1) is 17.4. The first-order chi connectivity index (χ1) is 12.5. The molecule has 2 heterocycles. The van der Waals surface area contributed by atoms with Crippen molar-refractivity contribution < 1.29 is 0 Å². The molecule has 4 nitrogen and oxygen atoms in total. The van der Waals surface area contributed by atoms with Gasteiger partial charge < -0.3 is 4.57 Å². The molecule has 4 rings (SSSR count). The van der Waals surface area contributed by atoms with Gasteiger partial charge in [-0.25, -0.2) is 4.98 Å². The van der Waals surface area contributed by atoms with Crippen LogP contribution < -0.4 is 5.43 Å². The van der Waals surface area contributed by atoms with Gasteiger partial charge in [-0.2, -0.15) is 5.10 Å². The Kier molecular flexibility index (Phi) is 4.65. The SMILES string of the molecule is Cc1cc(C2=NNc3c(Cl)cc(Cl)cc3CC2n2ccnc2)ccc1Cl. The standard InChI is InChI=1S/C19H15Cl3N4/c1-11-6-12(2-3-15(11)21)19-17(26-5-4-23-10-26)8-13-7-14(20)9-16(22)18(13)24-25-19/h2-7,9-10,17,24H,8H2,1H3. The maximum atomic E-state index is 6.38. The molecule has 0 bridgehead atoms. The number of anilines is 1. The third-order valence-electron chi connectivity index (χ3n) is 4.49. The number of nitrogens with zero attached hydrogens (tertiary/aromatic N) is 3. The molecule has 132 valence electrons. The normalized spacial score (nSPS) is 16.5. The summed E-state index contributed by atoms with van der Waals surface area (Å²) in [6.07, 6.45) is 6.16. The number of aromatic nitrogens is 2. The van der Waals surface area contributed by atoms with Gasteiger partial charge in [0.15, 0.2) is 0 Å². The summed E-state index contributed by atoms with van der Waals surface area (Å²) in [7, 11) is 0. The Bertz CT molecular complexity index is 996. The average molecular weight is 406 g/mol. The van der Waals surface area contributed by atoms with E-state index < -0.39 is 0 Å². The van der Waals surface area contributed by atoms with Gasteiger partial charge >= 0.3 is 0 Å². The molecule has 1 aliphatic heterocycles. The molecule has 7 heteroatoms. The lowest BCUT2D eigenvalue weighted by Gasteiger charge is -2.20. The zero-order chi connectivity index (χ0) is 18.3. The van der Waals surface area contributed by atoms with E-state index in [0.717, 1.165) is 33.1 Å². The highest BCUT2D eigenvalue weighted by Gasteiger charge is 2.26. The highest BCUT2D eigenvalue weighted by atomic mass is 35.5. The van der Waals surface area contributed by atoms with Crippen molar-refractivity contribution in [3.05, 3.63) is 80.8 Å². The third kappa shape index (κ3) is 3.20. The number of aryl methyl sites for hydroxylation is 1. The third-order valence-corrected chi connectivity index (χ3v) is 5.43. The van der Waals surface area contributed by atoms with Gasteiger partial charge in [-0.3, -0.25) is 5.43 Å². The van der Waals surface area contributed by atoms with Gasteiger partial charge in [-0.1, -0.05) is 40.9 Å². The maximum Gasteiger partial charge on any atom is 0.0952 e. The molecule has 1 N–H and O–H groups in total. The lowest BCUT2D eigenvalue weighted by atomic mass is 9.95. The summed E-state index contributed by atoms with van der Waals surface area (Å²) in [5.74, 6) is 0. The molecule has 26 heavy (non-hydrogen) atoms. The van der Waals surface area contributed by atoms with E-state index in [4.69, 9.17) is 34.8 Å². The van der Waals surface area contributed by atoms with E-state index in [-0.39, 0.29) is 6.04 Å². The molecule has 1 aliphatic rings. The Morgan fingerprint density at radius 1 is 1.12 bits per heavy atom. The van der Waals surface area contributed by atoms with Crippen molar-refractivity contribution in [1.29, 1.82) is 0 Å². The van der Waals surface area contributed by atoms with Crippen molar-refractivity contribution in [3.8, 4) is 0 Å². The zero-order valence-corrected chi connectivity index (χ0v) is 16.1. The van der Waals surface area contributed by atoms with Gasteiger partial charge in [0.1, 0.15) is 0 Å². The van der Waals surface area contributed by atoms with Crippen molar-refractivity contribution in [2.24, 2.45) is 5.10 Å². The minimum atomic E-state index is -0.0543.